The third-order valence-corrected chi connectivity index (χ3v) is 6.37. The van der Waals surface area contributed by atoms with E-state index in [-0.39, 0.29) is 11.8 Å². The Labute approximate surface area is 211 Å². The van der Waals surface area contributed by atoms with E-state index >= 15 is 0 Å². The second-order valence-electron chi connectivity index (χ2n) is 8.48. The van der Waals surface area contributed by atoms with Crippen molar-refractivity contribution in [1.29, 1.82) is 0 Å². The van der Waals surface area contributed by atoms with Gasteiger partial charge < -0.3 is 10.2 Å². The molecule has 3 aromatic rings. The lowest BCUT2D eigenvalue weighted by atomic mass is 10.0. The van der Waals surface area contributed by atoms with E-state index in [0.717, 1.165) is 34.0 Å². The maximum atomic E-state index is 13.6. The fraction of sp³-hybridized carbons (Fsp3) is 0.310. The average Bonchev–Trinajstić information content (AvgIpc) is 2.87. The molecule has 0 aromatic heterocycles. The van der Waals surface area contributed by atoms with Crippen LogP contribution in [0.1, 0.15) is 42.9 Å². The number of halogens is 1. The van der Waals surface area contributed by atoms with Gasteiger partial charge in [0.2, 0.25) is 11.8 Å². The number of carbonyl (C=O) groups excluding carboxylic acids is 2. The largest absolute Gasteiger partial charge is 0.354 e. The van der Waals surface area contributed by atoms with Crippen molar-refractivity contribution >= 4 is 27.7 Å². The Morgan fingerprint density at radius 2 is 1.47 bits per heavy atom. The summed E-state index contributed by atoms with van der Waals surface area (Å²) in [6.45, 7) is 3.10. The summed E-state index contributed by atoms with van der Waals surface area (Å²) in [6, 6.07) is 27.3. The molecule has 3 rings (SSSR count). The lowest BCUT2D eigenvalue weighted by Crippen LogP contribution is -2.50. The first-order chi connectivity index (χ1) is 16.6. The molecule has 1 N–H and O–H groups in total. The Bertz CT molecular complexity index is 1020. The molecule has 1 unspecified atom stereocenters. The van der Waals surface area contributed by atoms with E-state index in [1.54, 1.807) is 4.90 Å². The summed E-state index contributed by atoms with van der Waals surface area (Å²) in [4.78, 5) is 28.7. The van der Waals surface area contributed by atoms with Gasteiger partial charge in [-0.25, -0.2) is 0 Å². The molecule has 5 heteroatoms. The highest BCUT2D eigenvalue weighted by Gasteiger charge is 2.30. The van der Waals surface area contributed by atoms with E-state index < -0.39 is 6.04 Å². The summed E-state index contributed by atoms with van der Waals surface area (Å²) >= 11 is 3.48. The molecule has 4 nitrogen and oxygen atoms in total. The Morgan fingerprint density at radius 3 is 2.09 bits per heavy atom. The van der Waals surface area contributed by atoms with Crippen molar-refractivity contribution in [2.45, 2.75) is 51.6 Å². The molecule has 3 aromatic carbocycles. The van der Waals surface area contributed by atoms with Crippen LogP contribution >= 0.6 is 15.9 Å². The van der Waals surface area contributed by atoms with Gasteiger partial charge in [0.25, 0.3) is 0 Å². The molecule has 0 fully saturated rings. The molecule has 0 aliphatic carbocycles. The summed E-state index contributed by atoms with van der Waals surface area (Å²) < 4.78 is 0.983. The number of amides is 2. The van der Waals surface area contributed by atoms with Crippen LogP contribution in [0.5, 0.6) is 0 Å². The number of benzene rings is 3. The number of nitrogens with zero attached hydrogens (tertiary/aromatic N) is 1. The SMILES string of the molecule is CCCCNC(=O)C(Cc1ccccc1)N(Cc1ccc(Br)cc1)C(=O)CCc1ccccc1. The Hall–Kier alpha value is -2.92. The molecule has 2 amide bonds. The van der Waals surface area contributed by atoms with Gasteiger partial charge in [0.05, 0.1) is 0 Å². The van der Waals surface area contributed by atoms with Gasteiger partial charge in [0, 0.05) is 30.4 Å². The molecule has 0 radical (unpaired) electrons. The zero-order valence-electron chi connectivity index (χ0n) is 19.8. The van der Waals surface area contributed by atoms with Crippen molar-refractivity contribution in [3.63, 3.8) is 0 Å². The van der Waals surface area contributed by atoms with E-state index in [4.69, 9.17) is 0 Å². The zero-order chi connectivity index (χ0) is 24.2. The molecule has 0 saturated carbocycles. The van der Waals surface area contributed by atoms with Crippen LogP contribution in [0.3, 0.4) is 0 Å². The van der Waals surface area contributed by atoms with Crippen molar-refractivity contribution < 1.29 is 9.59 Å². The van der Waals surface area contributed by atoms with Gasteiger partial charge in [-0.1, -0.05) is 102 Å². The highest BCUT2D eigenvalue weighted by Crippen LogP contribution is 2.18. The van der Waals surface area contributed by atoms with Gasteiger partial charge in [-0.3, -0.25) is 9.59 Å². The minimum atomic E-state index is -0.578. The van der Waals surface area contributed by atoms with Gasteiger partial charge in [0.15, 0.2) is 0 Å². The highest BCUT2D eigenvalue weighted by atomic mass is 79.9. The number of aryl methyl sites for hydroxylation is 1. The molecule has 0 bridgehead atoms. The average molecular weight is 521 g/mol. The molecular formula is C29H33BrN2O2. The molecule has 1 atom stereocenters. The van der Waals surface area contributed by atoms with Gasteiger partial charge in [-0.15, -0.1) is 0 Å². The quantitative estimate of drug-likeness (QED) is 0.300. The molecular weight excluding hydrogens is 488 g/mol. The van der Waals surface area contributed by atoms with Crippen LogP contribution in [0, 0.1) is 0 Å². The van der Waals surface area contributed by atoms with Crippen LogP contribution in [0.4, 0.5) is 0 Å². The first-order valence-electron chi connectivity index (χ1n) is 12.0. The Balaban J connectivity index is 1.86. The lowest BCUT2D eigenvalue weighted by Gasteiger charge is -2.31. The summed E-state index contributed by atoms with van der Waals surface area (Å²) in [5.74, 6) is -0.110. The monoisotopic (exact) mass is 520 g/mol. The molecule has 0 aliphatic rings. The van der Waals surface area contributed by atoms with E-state index in [1.807, 2.05) is 84.9 Å². The second kappa shape index (κ2) is 13.7. The molecule has 0 heterocycles. The minimum Gasteiger partial charge on any atom is -0.354 e. The number of rotatable bonds is 12. The first kappa shape index (κ1) is 25.7. The lowest BCUT2D eigenvalue weighted by molar-refractivity contribution is -0.141. The summed E-state index contributed by atoms with van der Waals surface area (Å²) in [7, 11) is 0. The number of nitrogens with one attached hydrogen (secondary N) is 1. The second-order valence-corrected chi connectivity index (χ2v) is 9.40. The van der Waals surface area contributed by atoms with Crippen LogP contribution in [0.2, 0.25) is 0 Å². The zero-order valence-corrected chi connectivity index (χ0v) is 21.3. The van der Waals surface area contributed by atoms with Crippen LogP contribution in [0.15, 0.2) is 89.4 Å². The first-order valence-corrected chi connectivity index (χ1v) is 12.8. The fourth-order valence-electron chi connectivity index (χ4n) is 3.89. The molecule has 0 saturated heterocycles. The van der Waals surface area contributed by atoms with Crippen LogP contribution < -0.4 is 5.32 Å². The van der Waals surface area contributed by atoms with Crippen LogP contribution in [0.25, 0.3) is 0 Å². The molecule has 34 heavy (non-hydrogen) atoms. The standard InChI is InChI=1S/C29H33BrN2O2/c1-2-3-20-31-29(34)27(21-24-12-8-5-9-13-24)32(22-25-14-17-26(30)18-15-25)28(33)19-16-23-10-6-4-7-11-23/h4-15,17-18,27H,2-3,16,19-22H2,1H3,(H,31,34). The fourth-order valence-corrected chi connectivity index (χ4v) is 4.15. The normalized spacial score (nSPS) is 11.6. The maximum absolute atomic E-state index is 13.6. The van der Waals surface area contributed by atoms with Crippen LogP contribution in [-0.4, -0.2) is 29.3 Å². The van der Waals surface area contributed by atoms with Crippen molar-refractivity contribution in [2.75, 3.05) is 6.54 Å². The van der Waals surface area contributed by atoms with Crippen molar-refractivity contribution in [2.24, 2.45) is 0 Å². The van der Waals surface area contributed by atoms with Crippen molar-refractivity contribution in [3.8, 4) is 0 Å². The van der Waals surface area contributed by atoms with Gasteiger partial charge in [0.1, 0.15) is 6.04 Å². The molecule has 0 spiro atoms. The third-order valence-electron chi connectivity index (χ3n) is 5.84. The van der Waals surface area contributed by atoms with Crippen molar-refractivity contribution in [1.82, 2.24) is 10.2 Å². The predicted molar refractivity (Wildman–Crippen MR) is 141 cm³/mol. The predicted octanol–water partition coefficient (Wildman–Crippen LogP) is 5.94. The highest BCUT2D eigenvalue weighted by molar-refractivity contribution is 9.10. The van der Waals surface area contributed by atoms with Crippen LogP contribution in [-0.2, 0) is 29.0 Å². The van der Waals surface area contributed by atoms with Gasteiger partial charge >= 0.3 is 0 Å². The number of hydrogen-bond acceptors (Lipinski definition) is 2. The van der Waals surface area contributed by atoms with E-state index in [0.29, 0.717) is 32.4 Å². The smallest absolute Gasteiger partial charge is 0.243 e. The number of unbranched alkanes of at least 4 members (excludes halogenated alkanes) is 1. The van der Waals surface area contributed by atoms with Gasteiger partial charge in [-0.05, 0) is 41.7 Å². The maximum Gasteiger partial charge on any atom is 0.243 e. The van der Waals surface area contributed by atoms with E-state index in [2.05, 4.69) is 28.2 Å². The minimum absolute atomic E-state index is 0.0154. The van der Waals surface area contributed by atoms with E-state index in [1.165, 1.54) is 0 Å². The molecule has 178 valence electrons. The summed E-state index contributed by atoms with van der Waals surface area (Å²) in [5.41, 5.74) is 3.15. The van der Waals surface area contributed by atoms with E-state index in [9.17, 15) is 9.59 Å². The summed E-state index contributed by atoms with van der Waals surface area (Å²) in [5, 5.41) is 3.07. The van der Waals surface area contributed by atoms with Crippen molar-refractivity contribution in [3.05, 3.63) is 106 Å². The Morgan fingerprint density at radius 1 is 0.853 bits per heavy atom. The topological polar surface area (TPSA) is 49.4 Å². The third kappa shape index (κ3) is 8.14. The Kier molecular flexibility index (Phi) is 10.4. The van der Waals surface area contributed by atoms with Gasteiger partial charge in [-0.2, -0.15) is 0 Å². The number of hydrogen-bond donors (Lipinski definition) is 1. The summed E-state index contributed by atoms with van der Waals surface area (Å²) in [6.07, 6.45) is 3.40. The molecule has 0 aliphatic heterocycles. The number of carbonyl (C=O) groups is 2.